The number of benzene rings is 1. The summed E-state index contributed by atoms with van der Waals surface area (Å²) in [6.07, 6.45) is 10.6. The lowest BCUT2D eigenvalue weighted by atomic mass is 9.73. The van der Waals surface area contributed by atoms with Gasteiger partial charge in [0.05, 0.1) is 0 Å². The number of nitrogens with zero attached hydrogens (tertiary/aromatic N) is 1. The van der Waals surface area contributed by atoms with E-state index < -0.39 is 0 Å². The van der Waals surface area contributed by atoms with E-state index >= 15 is 0 Å². The number of halogens is 1. The molecule has 3 atom stereocenters. The first-order valence-corrected chi connectivity index (χ1v) is 9.75. The Balaban J connectivity index is 1.30. The summed E-state index contributed by atoms with van der Waals surface area (Å²) in [6.45, 7) is 3.49. The van der Waals surface area contributed by atoms with Crippen LogP contribution in [0.5, 0.6) is 0 Å². The van der Waals surface area contributed by atoms with Crippen LogP contribution in [0.2, 0.25) is 5.02 Å². The van der Waals surface area contributed by atoms with Crippen LogP contribution in [0.3, 0.4) is 0 Å². The molecule has 3 aliphatic carbocycles. The van der Waals surface area contributed by atoms with Crippen molar-refractivity contribution in [2.75, 3.05) is 19.6 Å². The van der Waals surface area contributed by atoms with Gasteiger partial charge in [-0.05, 0) is 80.3 Å². The van der Waals surface area contributed by atoms with E-state index in [2.05, 4.69) is 23.1 Å². The highest BCUT2D eigenvalue weighted by Gasteiger charge is 2.46. The molecule has 0 radical (unpaired) electrons. The van der Waals surface area contributed by atoms with E-state index in [1.807, 2.05) is 12.1 Å². The molecule has 2 bridgehead atoms. The number of ketones is 1. The van der Waals surface area contributed by atoms with Crippen molar-refractivity contribution >= 4 is 17.4 Å². The predicted molar refractivity (Wildman–Crippen MR) is 96.6 cm³/mol. The lowest BCUT2D eigenvalue weighted by Crippen LogP contribution is -2.44. The Morgan fingerprint density at radius 3 is 2.71 bits per heavy atom. The Kier molecular flexibility index (Phi) is 3.44. The van der Waals surface area contributed by atoms with Gasteiger partial charge in [-0.1, -0.05) is 23.8 Å². The monoisotopic (exact) mass is 341 g/mol. The lowest BCUT2D eigenvalue weighted by molar-refractivity contribution is 0.0919. The second-order valence-electron chi connectivity index (χ2n) is 8.41. The van der Waals surface area contributed by atoms with Gasteiger partial charge in [-0.25, -0.2) is 0 Å². The highest BCUT2D eigenvalue weighted by molar-refractivity contribution is 6.30. The highest BCUT2D eigenvalue weighted by Crippen LogP contribution is 2.48. The normalized spacial score (nSPS) is 33.5. The third-order valence-corrected chi connectivity index (χ3v) is 7.31. The molecule has 4 aliphatic rings. The number of rotatable bonds is 2. The maximum Gasteiger partial charge on any atom is 0.164 e. The average molecular weight is 342 g/mol. The number of Topliss-reactive ketones (excluding diaryl/α,β-unsaturated/α-hetero) is 1. The van der Waals surface area contributed by atoms with Crippen LogP contribution in [-0.2, 0) is 5.41 Å². The summed E-state index contributed by atoms with van der Waals surface area (Å²) in [5.74, 6) is 2.87. The molecule has 2 fully saturated rings. The minimum atomic E-state index is 0.0579. The Bertz CT molecular complexity index is 717. The Morgan fingerprint density at radius 1 is 1.17 bits per heavy atom. The van der Waals surface area contributed by atoms with Gasteiger partial charge in [0.1, 0.15) is 0 Å². The van der Waals surface area contributed by atoms with E-state index in [0.29, 0.717) is 12.2 Å². The van der Waals surface area contributed by atoms with Crippen LogP contribution in [0.15, 0.2) is 30.4 Å². The number of piperidine rings is 1. The molecule has 0 aromatic heterocycles. The van der Waals surface area contributed by atoms with Gasteiger partial charge in [0, 0.05) is 29.0 Å². The molecule has 1 aromatic carbocycles. The van der Waals surface area contributed by atoms with Crippen molar-refractivity contribution < 1.29 is 4.79 Å². The van der Waals surface area contributed by atoms with E-state index in [4.69, 9.17) is 11.6 Å². The maximum absolute atomic E-state index is 12.4. The molecule has 5 rings (SSSR count). The fourth-order valence-corrected chi connectivity index (χ4v) is 5.91. The second-order valence-corrected chi connectivity index (χ2v) is 8.85. The van der Waals surface area contributed by atoms with Gasteiger partial charge in [-0.15, -0.1) is 0 Å². The van der Waals surface area contributed by atoms with Crippen LogP contribution in [-0.4, -0.2) is 30.3 Å². The Hall–Kier alpha value is -1.12. The quantitative estimate of drug-likeness (QED) is 0.739. The first kappa shape index (κ1) is 15.2. The number of carbonyl (C=O) groups excluding carboxylic acids is 1. The first-order chi connectivity index (χ1) is 11.6. The van der Waals surface area contributed by atoms with Gasteiger partial charge in [0.15, 0.2) is 5.78 Å². The van der Waals surface area contributed by atoms with E-state index in [-0.39, 0.29) is 5.41 Å². The molecular weight excluding hydrogens is 318 g/mol. The van der Waals surface area contributed by atoms with Crippen molar-refractivity contribution in [1.82, 2.24) is 4.90 Å². The van der Waals surface area contributed by atoms with Crippen molar-refractivity contribution in [3.8, 4) is 0 Å². The summed E-state index contributed by atoms with van der Waals surface area (Å²) in [6, 6.07) is 5.84. The van der Waals surface area contributed by atoms with Crippen molar-refractivity contribution in [3.05, 3.63) is 46.5 Å². The van der Waals surface area contributed by atoms with Crippen LogP contribution in [0, 0.1) is 17.8 Å². The number of fused-ring (bicyclic) bond motifs is 4. The topological polar surface area (TPSA) is 20.3 Å². The Morgan fingerprint density at radius 2 is 2.00 bits per heavy atom. The summed E-state index contributed by atoms with van der Waals surface area (Å²) in [4.78, 5) is 15.1. The minimum Gasteiger partial charge on any atom is -0.303 e. The van der Waals surface area contributed by atoms with Gasteiger partial charge >= 0.3 is 0 Å². The third-order valence-electron chi connectivity index (χ3n) is 7.07. The van der Waals surface area contributed by atoms with E-state index in [9.17, 15) is 4.79 Å². The zero-order valence-electron chi connectivity index (χ0n) is 14.0. The molecule has 126 valence electrons. The first-order valence-electron chi connectivity index (χ1n) is 9.37. The van der Waals surface area contributed by atoms with Crippen LogP contribution >= 0.6 is 11.6 Å². The minimum absolute atomic E-state index is 0.0579. The summed E-state index contributed by atoms with van der Waals surface area (Å²) in [5, 5.41) is 0.763. The fourth-order valence-electron chi connectivity index (χ4n) is 5.74. The molecule has 1 heterocycles. The van der Waals surface area contributed by atoms with Crippen molar-refractivity contribution in [1.29, 1.82) is 0 Å². The summed E-state index contributed by atoms with van der Waals surface area (Å²) < 4.78 is 0. The third kappa shape index (κ3) is 2.30. The van der Waals surface area contributed by atoms with Gasteiger partial charge in [-0.3, -0.25) is 4.79 Å². The molecule has 1 saturated heterocycles. The van der Waals surface area contributed by atoms with E-state index in [1.165, 1.54) is 24.9 Å². The SMILES string of the molecule is O=C1CC2(CCN(CC3CC4C=CC3C4)CC2)c2cc(Cl)ccc21. The summed E-state index contributed by atoms with van der Waals surface area (Å²) >= 11 is 6.22. The number of hydrogen-bond donors (Lipinski definition) is 0. The zero-order valence-corrected chi connectivity index (χ0v) is 14.8. The van der Waals surface area contributed by atoms with Crippen molar-refractivity contribution in [2.24, 2.45) is 17.8 Å². The van der Waals surface area contributed by atoms with Crippen LogP contribution < -0.4 is 0 Å². The standard InChI is InChI=1S/C21H24ClNO/c22-17-3-4-18-19(11-17)21(12-20(18)24)5-7-23(8-6-21)13-16-10-14-1-2-15(16)9-14/h1-4,11,14-16H,5-10,12-13H2. The summed E-state index contributed by atoms with van der Waals surface area (Å²) in [7, 11) is 0. The maximum atomic E-state index is 12.4. The van der Waals surface area contributed by atoms with Crippen molar-refractivity contribution in [3.63, 3.8) is 0 Å². The molecule has 3 unspecified atom stereocenters. The molecule has 1 aromatic rings. The fraction of sp³-hybridized carbons (Fsp3) is 0.571. The smallest absolute Gasteiger partial charge is 0.164 e. The molecule has 24 heavy (non-hydrogen) atoms. The molecule has 3 heteroatoms. The van der Waals surface area contributed by atoms with Crippen LogP contribution in [0.1, 0.15) is 48.0 Å². The zero-order chi connectivity index (χ0) is 16.3. The van der Waals surface area contributed by atoms with Crippen LogP contribution in [0.25, 0.3) is 0 Å². The lowest BCUT2D eigenvalue weighted by Gasteiger charge is -2.41. The number of hydrogen-bond acceptors (Lipinski definition) is 2. The van der Waals surface area contributed by atoms with E-state index in [1.54, 1.807) is 0 Å². The molecule has 0 amide bonds. The average Bonchev–Trinajstić information content (AvgIpc) is 3.25. The van der Waals surface area contributed by atoms with Gasteiger partial charge in [0.25, 0.3) is 0 Å². The largest absolute Gasteiger partial charge is 0.303 e. The van der Waals surface area contributed by atoms with E-state index in [0.717, 1.165) is 54.3 Å². The van der Waals surface area contributed by atoms with Crippen LogP contribution in [0.4, 0.5) is 0 Å². The van der Waals surface area contributed by atoms with Gasteiger partial charge in [-0.2, -0.15) is 0 Å². The number of carbonyl (C=O) groups is 1. The summed E-state index contributed by atoms with van der Waals surface area (Å²) in [5.41, 5.74) is 2.20. The van der Waals surface area contributed by atoms with Crippen molar-refractivity contribution in [2.45, 2.75) is 37.5 Å². The molecule has 1 saturated carbocycles. The molecule has 1 aliphatic heterocycles. The molecular formula is C21H24ClNO. The van der Waals surface area contributed by atoms with Gasteiger partial charge < -0.3 is 4.90 Å². The van der Waals surface area contributed by atoms with Gasteiger partial charge in [0.2, 0.25) is 0 Å². The highest BCUT2D eigenvalue weighted by atomic mass is 35.5. The second kappa shape index (κ2) is 5.44. The Labute approximate surface area is 148 Å². The predicted octanol–water partition coefficient (Wildman–Crippen LogP) is 4.47. The molecule has 0 N–H and O–H groups in total. The number of likely N-dealkylation sites (tertiary alicyclic amines) is 1. The number of allylic oxidation sites excluding steroid dienone is 2. The molecule has 2 nitrogen and oxygen atoms in total. The molecule has 1 spiro atoms.